The molecule has 0 atom stereocenters. The van der Waals surface area contributed by atoms with Gasteiger partial charge in [0, 0.05) is 22.8 Å². The van der Waals surface area contributed by atoms with Gasteiger partial charge in [-0.05, 0) is 50.2 Å². The number of para-hydroxylation sites is 1. The Morgan fingerprint density at radius 3 is 2.55 bits per heavy atom. The monoisotopic (exact) mass is 294 g/mol. The highest BCUT2D eigenvalue weighted by Crippen LogP contribution is 2.34. The van der Waals surface area contributed by atoms with Crippen molar-refractivity contribution in [3.05, 3.63) is 35.5 Å². The lowest BCUT2D eigenvalue weighted by Crippen LogP contribution is -2.23. The topological polar surface area (TPSA) is 24.9 Å². The largest absolute Gasteiger partial charge is 0.381 e. The van der Waals surface area contributed by atoms with Gasteiger partial charge >= 0.3 is 0 Å². The van der Waals surface area contributed by atoms with Crippen molar-refractivity contribution in [3.8, 4) is 0 Å². The van der Waals surface area contributed by atoms with Gasteiger partial charge in [0.15, 0.2) is 0 Å². The van der Waals surface area contributed by atoms with Crippen LogP contribution in [0.5, 0.6) is 0 Å². The molecule has 0 aliphatic heterocycles. The van der Waals surface area contributed by atoms with Gasteiger partial charge in [0.2, 0.25) is 0 Å². The van der Waals surface area contributed by atoms with Crippen LogP contribution in [-0.2, 0) is 12.8 Å². The van der Waals surface area contributed by atoms with Gasteiger partial charge in [-0.2, -0.15) is 0 Å². The second kappa shape index (κ2) is 6.28. The van der Waals surface area contributed by atoms with Gasteiger partial charge in [-0.15, -0.1) is 0 Å². The van der Waals surface area contributed by atoms with Gasteiger partial charge in [-0.3, -0.25) is 4.98 Å². The Labute approximate surface area is 133 Å². The zero-order chi connectivity index (χ0) is 14.8. The Morgan fingerprint density at radius 2 is 1.64 bits per heavy atom. The van der Waals surface area contributed by atoms with E-state index in [9.17, 15) is 0 Å². The summed E-state index contributed by atoms with van der Waals surface area (Å²) in [5.74, 6) is 0. The van der Waals surface area contributed by atoms with E-state index in [0.29, 0.717) is 6.04 Å². The van der Waals surface area contributed by atoms with Gasteiger partial charge in [0.05, 0.1) is 5.52 Å². The number of aryl methyl sites for hydroxylation is 1. The molecule has 0 bridgehead atoms. The number of hydrogen-bond acceptors (Lipinski definition) is 2. The van der Waals surface area contributed by atoms with Crippen molar-refractivity contribution >= 4 is 16.6 Å². The zero-order valence-electron chi connectivity index (χ0n) is 13.4. The van der Waals surface area contributed by atoms with Crippen LogP contribution in [0.2, 0.25) is 0 Å². The van der Waals surface area contributed by atoms with E-state index in [2.05, 4.69) is 29.6 Å². The SMILES string of the molecule is c1ccc2c(NC3CCCCC3)c3c(nc2c1)CCCCC3. The minimum Gasteiger partial charge on any atom is -0.381 e. The molecule has 1 aromatic carbocycles. The Kier molecular flexibility index (Phi) is 4.01. The highest BCUT2D eigenvalue weighted by molar-refractivity contribution is 5.93. The van der Waals surface area contributed by atoms with E-state index < -0.39 is 0 Å². The van der Waals surface area contributed by atoms with Gasteiger partial charge in [-0.25, -0.2) is 0 Å². The third-order valence-corrected chi connectivity index (χ3v) is 5.37. The summed E-state index contributed by atoms with van der Waals surface area (Å²) < 4.78 is 0. The second-order valence-electron chi connectivity index (χ2n) is 6.97. The maximum atomic E-state index is 4.99. The minimum absolute atomic E-state index is 0.659. The van der Waals surface area contributed by atoms with Crippen molar-refractivity contribution in [1.82, 2.24) is 4.98 Å². The summed E-state index contributed by atoms with van der Waals surface area (Å²) >= 11 is 0. The molecule has 2 nitrogen and oxygen atoms in total. The molecule has 1 fully saturated rings. The van der Waals surface area contributed by atoms with Gasteiger partial charge in [0.1, 0.15) is 0 Å². The smallest absolute Gasteiger partial charge is 0.0726 e. The maximum absolute atomic E-state index is 4.99. The molecule has 0 saturated heterocycles. The van der Waals surface area contributed by atoms with E-state index >= 15 is 0 Å². The first-order valence-corrected chi connectivity index (χ1v) is 9.09. The van der Waals surface area contributed by atoms with E-state index in [1.807, 2.05) is 0 Å². The maximum Gasteiger partial charge on any atom is 0.0726 e. The third kappa shape index (κ3) is 2.71. The quantitative estimate of drug-likeness (QED) is 0.765. The van der Waals surface area contributed by atoms with Crippen LogP contribution in [0.3, 0.4) is 0 Å². The number of hydrogen-bond donors (Lipinski definition) is 1. The van der Waals surface area contributed by atoms with Crippen LogP contribution in [0.25, 0.3) is 10.9 Å². The molecule has 1 aromatic heterocycles. The van der Waals surface area contributed by atoms with Crippen molar-refractivity contribution in [2.45, 2.75) is 70.3 Å². The Hall–Kier alpha value is -1.57. The molecular formula is C20H26N2. The van der Waals surface area contributed by atoms with Crippen LogP contribution < -0.4 is 5.32 Å². The van der Waals surface area contributed by atoms with Crippen LogP contribution in [0.4, 0.5) is 5.69 Å². The molecule has 0 unspecified atom stereocenters. The summed E-state index contributed by atoms with van der Waals surface area (Å²) in [6.45, 7) is 0. The lowest BCUT2D eigenvalue weighted by molar-refractivity contribution is 0.462. The first-order chi connectivity index (χ1) is 10.9. The first-order valence-electron chi connectivity index (χ1n) is 9.09. The molecule has 0 amide bonds. The van der Waals surface area contributed by atoms with Crippen LogP contribution in [0, 0.1) is 0 Å². The Morgan fingerprint density at radius 1 is 0.864 bits per heavy atom. The average molecular weight is 294 g/mol. The van der Waals surface area contributed by atoms with E-state index in [4.69, 9.17) is 4.98 Å². The molecule has 0 radical (unpaired) electrons. The number of rotatable bonds is 2. The normalized spacial score (nSPS) is 19.6. The predicted octanol–water partition coefficient (Wildman–Crippen LogP) is 5.25. The summed E-state index contributed by atoms with van der Waals surface area (Å²) in [6, 6.07) is 9.35. The second-order valence-corrected chi connectivity index (χ2v) is 6.97. The molecule has 2 aromatic rings. The molecule has 2 heteroatoms. The van der Waals surface area contributed by atoms with Crippen molar-refractivity contribution in [1.29, 1.82) is 0 Å². The van der Waals surface area contributed by atoms with Crippen molar-refractivity contribution in [2.24, 2.45) is 0 Å². The van der Waals surface area contributed by atoms with Gasteiger partial charge in [0.25, 0.3) is 0 Å². The standard InChI is InChI=1S/C20H26N2/c1-3-9-15(10-4-1)21-20-16-11-5-2-6-13-18(16)22-19-14-8-7-12-17(19)20/h7-8,12,14-15H,1-6,9-11,13H2,(H,21,22). The van der Waals surface area contributed by atoms with E-state index in [1.165, 1.54) is 85.6 Å². The Bertz CT molecular complexity index is 656. The van der Waals surface area contributed by atoms with Crippen molar-refractivity contribution < 1.29 is 0 Å². The fourth-order valence-electron chi connectivity index (χ4n) is 4.17. The average Bonchev–Trinajstić information content (AvgIpc) is 2.81. The zero-order valence-corrected chi connectivity index (χ0v) is 13.4. The number of aromatic nitrogens is 1. The Balaban J connectivity index is 1.80. The third-order valence-electron chi connectivity index (χ3n) is 5.37. The summed E-state index contributed by atoms with van der Waals surface area (Å²) in [5.41, 5.74) is 5.45. The highest BCUT2D eigenvalue weighted by Gasteiger charge is 2.20. The lowest BCUT2D eigenvalue weighted by Gasteiger charge is -2.26. The molecule has 1 N–H and O–H groups in total. The molecule has 116 valence electrons. The molecule has 4 rings (SSSR count). The molecular weight excluding hydrogens is 268 g/mol. The number of nitrogens with one attached hydrogen (secondary N) is 1. The fourth-order valence-corrected chi connectivity index (χ4v) is 4.17. The molecule has 1 saturated carbocycles. The van der Waals surface area contributed by atoms with E-state index in [0.717, 1.165) is 6.42 Å². The lowest BCUT2D eigenvalue weighted by atomic mass is 9.94. The minimum atomic E-state index is 0.659. The molecule has 1 heterocycles. The van der Waals surface area contributed by atoms with Crippen LogP contribution in [0.1, 0.15) is 62.6 Å². The number of pyridine rings is 1. The number of benzene rings is 1. The summed E-state index contributed by atoms with van der Waals surface area (Å²) in [5, 5.41) is 5.27. The van der Waals surface area contributed by atoms with Crippen LogP contribution >= 0.6 is 0 Å². The van der Waals surface area contributed by atoms with Crippen molar-refractivity contribution in [2.75, 3.05) is 5.32 Å². The number of nitrogens with zero attached hydrogens (tertiary/aromatic N) is 1. The number of fused-ring (bicyclic) bond motifs is 2. The molecule has 2 aliphatic carbocycles. The fraction of sp³-hybridized carbons (Fsp3) is 0.550. The van der Waals surface area contributed by atoms with E-state index in [1.54, 1.807) is 0 Å². The van der Waals surface area contributed by atoms with Crippen LogP contribution in [-0.4, -0.2) is 11.0 Å². The van der Waals surface area contributed by atoms with E-state index in [-0.39, 0.29) is 0 Å². The summed E-state index contributed by atoms with van der Waals surface area (Å²) in [4.78, 5) is 4.99. The summed E-state index contributed by atoms with van der Waals surface area (Å²) in [7, 11) is 0. The van der Waals surface area contributed by atoms with Crippen LogP contribution in [0.15, 0.2) is 24.3 Å². The van der Waals surface area contributed by atoms with Crippen molar-refractivity contribution in [3.63, 3.8) is 0 Å². The number of anilines is 1. The molecule has 2 aliphatic rings. The van der Waals surface area contributed by atoms with Gasteiger partial charge < -0.3 is 5.32 Å². The summed E-state index contributed by atoms with van der Waals surface area (Å²) in [6.07, 6.45) is 13.1. The van der Waals surface area contributed by atoms with Gasteiger partial charge in [-0.1, -0.05) is 43.9 Å². The molecule has 0 spiro atoms. The predicted molar refractivity (Wildman–Crippen MR) is 93.5 cm³/mol. The molecule has 22 heavy (non-hydrogen) atoms. The highest BCUT2D eigenvalue weighted by atomic mass is 14.9. The first kappa shape index (κ1) is 14.0.